The number of nitrogens with zero attached hydrogens (tertiary/aromatic N) is 2. The highest BCUT2D eigenvalue weighted by molar-refractivity contribution is 7.12. The SMILES string of the molecule is Cc1ccc([C@@H]2[C@H]3C(=O)N(c4ccccc4)C(=O)[C@H]3ON2C)s1. The molecular weight excluding hydrogens is 312 g/mol. The molecule has 2 aliphatic rings. The molecule has 0 bridgehead atoms. The van der Waals surface area contributed by atoms with Gasteiger partial charge in [-0.15, -0.1) is 11.3 Å². The van der Waals surface area contributed by atoms with E-state index in [1.165, 1.54) is 9.78 Å². The van der Waals surface area contributed by atoms with Gasteiger partial charge in [-0.2, -0.15) is 5.06 Å². The molecule has 0 unspecified atom stereocenters. The summed E-state index contributed by atoms with van der Waals surface area (Å²) in [6, 6.07) is 12.8. The second kappa shape index (κ2) is 5.26. The van der Waals surface area contributed by atoms with Crippen LogP contribution >= 0.6 is 11.3 Å². The van der Waals surface area contributed by atoms with Crippen LogP contribution in [0.1, 0.15) is 15.8 Å². The molecule has 0 saturated carbocycles. The lowest BCUT2D eigenvalue weighted by Gasteiger charge is -2.23. The van der Waals surface area contributed by atoms with Crippen LogP contribution in [0.25, 0.3) is 0 Å². The van der Waals surface area contributed by atoms with Crippen LogP contribution in [0.5, 0.6) is 0 Å². The van der Waals surface area contributed by atoms with Gasteiger partial charge in [0.15, 0.2) is 6.10 Å². The van der Waals surface area contributed by atoms with Gasteiger partial charge < -0.3 is 0 Å². The number of para-hydroxylation sites is 1. The van der Waals surface area contributed by atoms with Gasteiger partial charge in [0.2, 0.25) is 5.91 Å². The second-order valence-corrected chi connectivity index (χ2v) is 7.16. The molecule has 0 aliphatic carbocycles. The number of thiophene rings is 1. The Morgan fingerprint density at radius 1 is 1.04 bits per heavy atom. The van der Waals surface area contributed by atoms with Crippen LogP contribution in [0, 0.1) is 12.8 Å². The van der Waals surface area contributed by atoms with Gasteiger partial charge in [0.25, 0.3) is 5.91 Å². The maximum absolute atomic E-state index is 12.9. The van der Waals surface area contributed by atoms with Crippen LogP contribution < -0.4 is 4.90 Å². The number of fused-ring (bicyclic) bond motifs is 1. The number of hydroxylamine groups is 2. The number of hydrogen-bond acceptors (Lipinski definition) is 5. The second-order valence-electron chi connectivity index (χ2n) is 5.84. The van der Waals surface area contributed by atoms with Crippen molar-refractivity contribution in [3.63, 3.8) is 0 Å². The standard InChI is InChI=1S/C17H16N2O3S/c1-10-8-9-12(23-10)14-13-15(22-18(14)2)17(21)19(16(13)20)11-6-4-3-5-7-11/h3-9,13-15H,1-2H3/t13-,14-,15+/m1/s1. The van der Waals surface area contributed by atoms with E-state index in [1.807, 2.05) is 37.3 Å². The van der Waals surface area contributed by atoms with Gasteiger partial charge in [-0.05, 0) is 31.2 Å². The van der Waals surface area contributed by atoms with Crippen LogP contribution in [0.4, 0.5) is 5.69 Å². The molecule has 2 fully saturated rings. The topological polar surface area (TPSA) is 49.9 Å². The summed E-state index contributed by atoms with van der Waals surface area (Å²) in [5, 5.41) is 1.65. The highest BCUT2D eigenvalue weighted by Crippen LogP contribution is 2.46. The number of carbonyl (C=O) groups is 2. The number of hydrogen-bond donors (Lipinski definition) is 0. The Morgan fingerprint density at radius 3 is 2.43 bits per heavy atom. The van der Waals surface area contributed by atoms with Crippen molar-refractivity contribution in [3.8, 4) is 0 Å². The molecule has 118 valence electrons. The summed E-state index contributed by atoms with van der Waals surface area (Å²) in [4.78, 5) is 34.8. The number of anilines is 1. The first-order chi connectivity index (χ1) is 11.1. The van der Waals surface area contributed by atoms with Gasteiger partial charge >= 0.3 is 0 Å². The maximum Gasteiger partial charge on any atom is 0.265 e. The minimum absolute atomic E-state index is 0.188. The molecule has 0 spiro atoms. The lowest BCUT2D eigenvalue weighted by molar-refractivity contribution is -0.160. The Bertz CT molecular complexity index is 773. The van der Waals surface area contributed by atoms with Gasteiger partial charge in [0.05, 0.1) is 17.6 Å². The largest absolute Gasteiger partial charge is 0.284 e. The molecule has 1 aromatic carbocycles. The maximum atomic E-state index is 12.9. The molecule has 3 atom stereocenters. The fourth-order valence-electron chi connectivity index (χ4n) is 3.35. The van der Waals surface area contributed by atoms with E-state index in [0.717, 1.165) is 4.88 Å². The highest BCUT2D eigenvalue weighted by atomic mass is 32.1. The molecule has 2 aromatic rings. The van der Waals surface area contributed by atoms with Crippen molar-refractivity contribution in [3.05, 3.63) is 52.2 Å². The fourth-order valence-corrected chi connectivity index (χ4v) is 4.41. The number of aryl methyl sites for hydroxylation is 1. The molecule has 2 aliphatic heterocycles. The summed E-state index contributed by atoms with van der Waals surface area (Å²) < 4.78 is 0. The average Bonchev–Trinajstić information content (AvgIpc) is 3.17. The third kappa shape index (κ3) is 2.14. The summed E-state index contributed by atoms with van der Waals surface area (Å²) in [6.07, 6.45) is -0.736. The smallest absolute Gasteiger partial charge is 0.265 e. The van der Waals surface area contributed by atoms with Crippen molar-refractivity contribution in [1.29, 1.82) is 0 Å². The van der Waals surface area contributed by atoms with Crippen LogP contribution in [-0.2, 0) is 14.4 Å². The molecule has 6 heteroatoms. The zero-order valence-corrected chi connectivity index (χ0v) is 13.6. The number of amides is 2. The van der Waals surface area contributed by atoms with E-state index >= 15 is 0 Å². The van der Waals surface area contributed by atoms with Crippen molar-refractivity contribution < 1.29 is 14.4 Å². The highest BCUT2D eigenvalue weighted by Gasteiger charge is 2.59. The van der Waals surface area contributed by atoms with E-state index in [0.29, 0.717) is 5.69 Å². The van der Waals surface area contributed by atoms with Crippen LogP contribution in [-0.4, -0.2) is 30.0 Å². The third-order valence-electron chi connectivity index (χ3n) is 4.37. The Hall–Kier alpha value is -2.02. The van der Waals surface area contributed by atoms with E-state index in [4.69, 9.17) is 4.84 Å². The molecule has 2 amide bonds. The molecule has 2 saturated heterocycles. The van der Waals surface area contributed by atoms with E-state index in [-0.39, 0.29) is 17.9 Å². The fraction of sp³-hybridized carbons (Fsp3) is 0.294. The van der Waals surface area contributed by atoms with E-state index < -0.39 is 12.0 Å². The first kappa shape index (κ1) is 14.6. The predicted octanol–water partition coefficient (Wildman–Crippen LogP) is 2.53. The summed E-state index contributed by atoms with van der Waals surface area (Å²) in [6.45, 7) is 2.03. The van der Waals surface area contributed by atoms with Crippen molar-refractivity contribution in [2.45, 2.75) is 19.1 Å². The molecule has 1 aromatic heterocycles. The molecular formula is C17H16N2O3S. The lowest BCUT2D eigenvalue weighted by atomic mass is 9.96. The van der Waals surface area contributed by atoms with Crippen LogP contribution in [0.15, 0.2) is 42.5 Å². The number of benzene rings is 1. The minimum Gasteiger partial charge on any atom is -0.284 e. The predicted molar refractivity (Wildman–Crippen MR) is 86.9 cm³/mol. The molecule has 0 radical (unpaired) electrons. The van der Waals surface area contributed by atoms with E-state index in [2.05, 4.69) is 0 Å². The summed E-state index contributed by atoms with van der Waals surface area (Å²) in [5.41, 5.74) is 0.601. The Labute approximate surface area is 138 Å². The zero-order valence-electron chi connectivity index (χ0n) is 12.8. The monoisotopic (exact) mass is 328 g/mol. The van der Waals surface area contributed by atoms with Gasteiger partial charge in [-0.1, -0.05) is 18.2 Å². The van der Waals surface area contributed by atoms with Crippen molar-refractivity contribution in [1.82, 2.24) is 5.06 Å². The minimum atomic E-state index is -0.736. The van der Waals surface area contributed by atoms with Crippen molar-refractivity contribution >= 4 is 28.8 Å². The van der Waals surface area contributed by atoms with E-state index in [1.54, 1.807) is 35.6 Å². The average molecular weight is 328 g/mol. The Morgan fingerprint density at radius 2 is 1.78 bits per heavy atom. The molecule has 5 nitrogen and oxygen atoms in total. The van der Waals surface area contributed by atoms with Crippen molar-refractivity contribution in [2.24, 2.45) is 5.92 Å². The summed E-state index contributed by atoms with van der Waals surface area (Å²) in [5.74, 6) is -0.966. The number of carbonyl (C=O) groups excluding carboxylic acids is 2. The lowest BCUT2D eigenvalue weighted by Crippen LogP contribution is -2.36. The summed E-state index contributed by atoms with van der Waals surface area (Å²) in [7, 11) is 1.78. The Balaban J connectivity index is 1.73. The first-order valence-corrected chi connectivity index (χ1v) is 8.28. The zero-order chi connectivity index (χ0) is 16.1. The van der Waals surface area contributed by atoms with Gasteiger partial charge in [-0.3, -0.25) is 14.4 Å². The molecule has 23 heavy (non-hydrogen) atoms. The van der Waals surface area contributed by atoms with E-state index in [9.17, 15) is 9.59 Å². The molecule has 0 N–H and O–H groups in total. The third-order valence-corrected chi connectivity index (χ3v) is 5.45. The molecule has 3 heterocycles. The number of rotatable bonds is 2. The normalized spacial score (nSPS) is 27.7. The van der Waals surface area contributed by atoms with Gasteiger partial charge in [-0.25, -0.2) is 4.90 Å². The van der Waals surface area contributed by atoms with Gasteiger partial charge in [0, 0.05) is 16.8 Å². The van der Waals surface area contributed by atoms with Crippen molar-refractivity contribution in [2.75, 3.05) is 11.9 Å². The number of imide groups is 1. The Kier molecular flexibility index (Phi) is 3.33. The van der Waals surface area contributed by atoms with Gasteiger partial charge in [0.1, 0.15) is 0 Å². The van der Waals surface area contributed by atoms with Crippen LogP contribution in [0.2, 0.25) is 0 Å². The summed E-state index contributed by atoms with van der Waals surface area (Å²) >= 11 is 1.63. The first-order valence-electron chi connectivity index (χ1n) is 7.47. The molecule has 4 rings (SSSR count). The van der Waals surface area contributed by atoms with Crippen LogP contribution in [0.3, 0.4) is 0 Å². The quantitative estimate of drug-likeness (QED) is 0.795.